The molecule has 1 saturated heterocycles. The van der Waals surface area contributed by atoms with Crippen LogP contribution in [0.3, 0.4) is 0 Å². The lowest BCUT2D eigenvalue weighted by Crippen LogP contribution is -2.43. The molecular weight excluding hydrogens is 278 g/mol. The molecule has 2 rings (SSSR count). The Kier molecular flexibility index (Phi) is 4.65. The molecule has 4 nitrogen and oxygen atoms in total. The standard InChI is InChI=1S/C15H18ClNO3/c1-10(8-11-4-2-5-12(16)9-11)14(18)17-7-3-6-13(17)15(19)20/h2,4-5,9-10,13H,3,6-8H2,1H3,(H,19,20). The molecule has 2 atom stereocenters. The first-order valence-corrected chi connectivity index (χ1v) is 7.14. The number of carboxylic acids is 1. The number of rotatable bonds is 4. The van der Waals surface area contributed by atoms with Gasteiger partial charge in [-0.25, -0.2) is 4.79 Å². The maximum absolute atomic E-state index is 12.4. The van der Waals surface area contributed by atoms with Crippen LogP contribution in [-0.4, -0.2) is 34.5 Å². The van der Waals surface area contributed by atoms with Crippen molar-refractivity contribution in [1.29, 1.82) is 0 Å². The average molecular weight is 296 g/mol. The molecule has 0 spiro atoms. The molecule has 1 aromatic carbocycles. The second-order valence-electron chi connectivity index (χ2n) is 5.26. The van der Waals surface area contributed by atoms with Crippen LogP contribution in [-0.2, 0) is 16.0 Å². The van der Waals surface area contributed by atoms with Crippen LogP contribution >= 0.6 is 11.6 Å². The van der Waals surface area contributed by atoms with Crippen molar-refractivity contribution in [2.75, 3.05) is 6.54 Å². The number of halogens is 1. The van der Waals surface area contributed by atoms with Crippen LogP contribution in [0.4, 0.5) is 0 Å². The Hall–Kier alpha value is -1.55. The molecule has 1 N–H and O–H groups in total. The predicted molar refractivity (Wildman–Crippen MR) is 76.7 cm³/mol. The molecule has 0 aliphatic carbocycles. The van der Waals surface area contributed by atoms with Crippen molar-refractivity contribution in [3.05, 3.63) is 34.9 Å². The maximum Gasteiger partial charge on any atom is 0.326 e. The molecule has 1 aromatic rings. The fraction of sp³-hybridized carbons (Fsp3) is 0.467. The summed E-state index contributed by atoms with van der Waals surface area (Å²) in [6.45, 7) is 2.37. The summed E-state index contributed by atoms with van der Waals surface area (Å²) in [5.74, 6) is -1.24. The van der Waals surface area contributed by atoms with Crippen molar-refractivity contribution in [3.8, 4) is 0 Å². The molecule has 108 valence electrons. The summed E-state index contributed by atoms with van der Waals surface area (Å²) in [7, 11) is 0. The van der Waals surface area contributed by atoms with E-state index in [9.17, 15) is 9.59 Å². The van der Waals surface area contributed by atoms with Gasteiger partial charge in [-0.15, -0.1) is 0 Å². The molecule has 0 bridgehead atoms. The molecule has 1 fully saturated rings. The molecule has 1 heterocycles. The minimum absolute atomic E-state index is 0.0881. The summed E-state index contributed by atoms with van der Waals surface area (Å²) in [4.78, 5) is 25.0. The first-order valence-electron chi connectivity index (χ1n) is 6.76. The zero-order valence-corrected chi connectivity index (χ0v) is 12.1. The lowest BCUT2D eigenvalue weighted by molar-refractivity contribution is -0.149. The summed E-state index contributed by atoms with van der Waals surface area (Å²) in [5, 5.41) is 9.77. The van der Waals surface area contributed by atoms with Gasteiger partial charge in [-0.2, -0.15) is 0 Å². The van der Waals surface area contributed by atoms with Crippen molar-refractivity contribution in [3.63, 3.8) is 0 Å². The van der Waals surface area contributed by atoms with Crippen LogP contribution in [0, 0.1) is 5.92 Å². The number of carboxylic acid groups (broad SMARTS) is 1. The van der Waals surface area contributed by atoms with E-state index in [0.717, 1.165) is 12.0 Å². The van der Waals surface area contributed by atoms with E-state index in [4.69, 9.17) is 16.7 Å². The zero-order valence-electron chi connectivity index (χ0n) is 11.4. The first-order chi connectivity index (χ1) is 9.49. The molecule has 5 heteroatoms. The normalized spacial score (nSPS) is 19.9. The van der Waals surface area contributed by atoms with Gasteiger partial charge in [0.2, 0.25) is 5.91 Å². The SMILES string of the molecule is CC(Cc1cccc(Cl)c1)C(=O)N1CCCC1C(=O)O. The second-order valence-corrected chi connectivity index (χ2v) is 5.70. The summed E-state index contributed by atoms with van der Waals surface area (Å²) in [6, 6.07) is 6.74. The Labute approximate surface area is 123 Å². The number of likely N-dealkylation sites (tertiary alicyclic amines) is 1. The van der Waals surface area contributed by atoms with Gasteiger partial charge in [-0.3, -0.25) is 4.79 Å². The van der Waals surface area contributed by atoms with Crippen LogP contribution in [0.1, 0.15) is 25.3 Å². The van der Waals surface area contributed by atoms with Gasteiger partial charge in [-0.05, 0) is 37.0 Å². The summed E-state index contributed by atoms with van der Waals surface area (Å²) >= 11 is 5.93. The monoisotopic (exact) mass is 295 g/mol. The van der Waals surface area contributed by atoms with Gasteiger partial charge >= 0.3 is 5.97 Å². The van der Waals surface area contributed by atoms with E-state index < -0.39 is 12.0 Å². The molecule has 1 aliphatic heterocycles. The van der Waals surface area contributed by atoms with Crippen LogP contribution in [0.5, 0.6) is 0 Å². The maximum atomic E-state index is 12.4. The molecule has 20 heavy (non-hydrogen) atoms. The third-order valence-electron chi connectivity index (χ3n) is 3.67. The van der Waals surface area contributed by atoms with Crippen molar-refractivity contribution >= 4 is 23.5 Å². The third-order valence-corrected chi connectivity index (χ3v) is 3.91. The van der Waals surface area contributed by atoms with Gasteiger partial charge in [0.15, 0.2) is 0 Å². The summed E-state index contributed by atoms with van der Waals surface area (Å²) in [6.07, 6.45) is 1.87. The number of hydrogen-bond donors (Lipinski definition) is 1. The number of benzene rings is 1. The van der Waals surface area contributed by atoms with E-state index in [1.165, 1.54) is 4.90 Å². The Morgan fingerprint density at radius 1 is 1.50 bits per heavy atom. The van der Waals surface area contributed by atoms with Crippen LogP contribution in [0.15, 0.2) is 24.3 Å². The average Bonchev–Trinajstić information content (AvgIpc) is 2.87. The number of amides is 1. The van der Waals surface area contributed by atoms with Gasteiger partial charge in [0.1, 0.15) is 6.04 Å². The highest BCUT2D eigenvalue weighted by atomic mass is 35.5. The third kappa shape index (κ3) is 3.31. The van der Waals surface area contributed by atoms with Crippen molar-refractivity contribution < 1.29 is 14.7 Å². The number of carbonyl (C=O) groups excluding carboxylic acids is 1. The Morgan fingerprint density at radius 3 is 2.90 bits per heavy atom. The van der Waals surface area contributed by atoms with Gasteiger partial charge in [0.05, 0.1) is 0 Å². The van der Waals surface area contributed by atoms with Crippen molar-refractivity contribution in [1.82, 2.24) is 4.90 Å². The van der Waals surface area contributed by atoms with Crippen LogP contribution in [0.25, 0.3) is 0 Å². The van der Waals surface area contributed by atoms with Crippen molar-refractivity contribution in [2.45, 2.75) is 32.2 Å². The molecule has 1 aliphatic rings. The highest BCUT2D eigenvalue weighted by Crippen LogP contribution is 2.22. The lowest BCUT2D eigenvalue weighted by atomic mass is 9.99. The van der Waals surface area contributed by atoms with Crippen molar-refractivity contribution in [2.24, 2.45) is 5.92 Å². The Morgan fingerprint density at radius 2 is 2.25 bits per heavy atom. The molecule has 0 radical (unpaired) electrons. The second kappa shape index (κ2) is 6.27. The first kappa shape index (κ1) is 14.9. The van der Waals surface area contributed by atoms with Gasteiger partial charge in [-0.1, -0.05) is 30.7 Å². The molecule has 0 aromatic heterocycles. The molecule has 2 unspecified atom stereocenters. The quantitative estimate of drug-likeness (QED) is 0.929. The number of hydrogen-bond acceptors (Lipinski definition) is 2. The largest absolute Gasteiger partial charge is 0.480 e. The highest BCUT2D eigenvalue weighted by molar-refractivity contribution is 6.30. The highest BCUT2D eigenvalue weighted by Gasteiger charge is 2.35. The Bertz CT molecular complexity index is 518. The van der Waals surface area contributed by atoms with E-state index in [-0.39, 0.29) is 11.8 Å². The fourth-order valence-electron chi connectivity index (χ4n) is 2.68. The van der Waals surface area contributed by atoms with Gasteiger partial charge < -0.3 is 10.0 Å². The lowest BCUT2D eigenvalue weighted by Gasteiger charge is -2.25. The Balaban J connectivity index is 2.03. The van der Waals surface area contributed by atoms with Crippen LogP contribution < -0.4 is 0 Å². The summed E-state index contributed by atoms with van der Waals surface area (Å²) in [5.41, 5.74) is 0.990. The fourth-order valence-corrected chi connectivity index (χ4v) is 2.89. The van der Waals surface area contributed by atoms with E-state index in [0.29, 0.717) is 24.4 Å². The molecule has 0 saturated carbocycles. The molecule has 1 amide bonds. The number of carbonyl (C=O) groups is 2. The zero-order chi connectivity index (χ0) is 14.7. The van der Waals surface area contributed by atoms with E-state index in [2.05, 4.69) is 0 Å². The number of nitrogens with zero attached hydrogens (tertiary/aromatic N) is 1. The van der Waals surface area contributed by atoms with Gasteiger partial charge in [0, 0.05) is 17.5 Å². The van der Waals surface area contributed by atoms with Crippen LogP contribution in [0.2, 0.25) is 5.02 Å². The predicted octanol–water partition coefficient (Wildman–Crippen LogP) is 2.59. The van der Waals surface area contributed by atoms with E-state index in [1.54, 1.807) is 6.07 Å². The smallest absolute Gasteiger partial charge is 0.326 e. The van der Waals surface area contributed by atoms with Gasteiger partial charge in [0.25, 0.3) is 0 Å². The molecular formula is C15H18ClNO3. The van der Waals surface area contributed by atoms with E-state index in [1.807, 2.05) is 25.1 Å². The summed E-state index contributed by atoms with van der Waals surface area (Å²) < 4.78 is 0. The van der Waals surface area contributed by atoms with E-state index >= 15 is 0 Å². The number of aliphatic carboxylic acids is 1. The topological polar surface area (TPSA) is 57.6 Å². The minimum atomic E-state index is -0.911. The minimum Gasteiger partial charge on any atom is -0.480 e.